The second-order valence-corrected chi connectivity index (χ2v) is 12.5. The molecule has 9 nitrogen and oxygen atoms in total. The van der Waals surface area contributed by atoms with Crippen LogP contribution in [0.3, 0.4) is 0 Å². The second kappa shape index (κ2) is 11.6. The van der Waals surface area contributed by atoms with Crippen molar-refractivity contribution in [2.45, 2.75) is 73.1 Å². The number of fused-ring (bicyclic) bond motifs is 1. The van der Waals surface area contributed by atoms with Crippen molar-refractivity contribution in [3.63, 3.8) is 0 Å². The zero-order valence-electron chi connectivity index (χ0n) is 25.5. The van der Waals surface area contributed by atoms with Crippen molar-refractivity contribution >= 4 is 40.4 Å². The summed E-state index contributed by atoms with van der Waals surface area (Å²) in [7, 11) is 1.61. The highest BCUT2D eigenvalue weighted by Crippen LogP contribution is 2.37. The smallest absolute Gasteiger partial charge is 0.418 e. The first-order chi connectivity index (χ1) is 19.6. The van der Waals surface area contributed by atoms with Gasteiger partial charge in [0.2, 0.25) is 0 Å². The molecule has 3 aromatic heterocycles. The summed E-state index contributed by atoms with van der Waals surface area (Å²) in [5.41, 5.74) is 3.40. The third kappa shape index (κ3) is 6.85. The number of carbonyl (C=O) groups is 2. The summed E-state index contributed by atoms with van der Waals surface area (Å²) in [6.07, 6.45) is 3.85. The molecular formula is C32H37ClN4O5. The van der Waals surface area contributed by atoms with E-state index >= 15 is 0 Å². The molecule has 4 aromatic rings. The van der Waals surface area contributed by atoms with Crippen molar-refractivity contribution in [3.05, 3.63) is 70.9 Å². The average molecular weight is 593 g/mol. The molecule has 10 heteroatoms. The van der Waals surface area contributed by atoms with Gasteiger partial charge in [-0.2, -0.15) is 0 Å². The minimum absolute atomic E-state index is 0.0880. The molecule has 0 saturated heterocycles. The van der Waals surface area contributed by atoms with Crippen molar-refractivity contribution in [2.75, 3.05) is 12.0 Å². The van der Waals surface area contributed by atoms with Crippen molar-refractivity contribution < 1.29 is 23.8 Å². The highest BCUT2D eigenvalue weighted by Gasteiger charge is 2.29. The van der Waals surface area contributed by atoms with Crippen LogP contribution in [0.5, 0.6) is 5.75 Å². The van der Waals surface area contributed by atoms with Gasteiger partial charge in [0.15, 0.2) is 0 Å². The van der Waals surface area contributed by atoms with Crippen molar-refractivity contribution in [2.24, 2.45) is 0 Å². The molecule has 0 aliphatic carbocycles. The lowest BCUT2D eigenvalue weighted by Crippen LogP contribution is -2.37. The number of aromatic nitrogens is 3. The van der Waals surface area contributed by atoms with E-state index in [9.17, 15) is 9.59 Å². The molecule has 0 bridgehead atoms. The number of amides is 1. The topological polar surface area (TPSA) is 95.8 Å². The van der Waals surface area contributed by atoms with E-state index in [2.05, 4.69) is 9.97 Å². The highest BCUT2D eigenvalue weighted by atomic mass is 35.5. The van der Waals surface area contributed by atoms with E-state index in [-0.39, 0.29) is 6.54 Å². The standard InChI is InChI=1S/C32H37ClN4O5/c1-19-17-35-24(20(2)28(19)40-9)18-37(30(39)42-32(6,7)8)26-15-22(21-10-12-34-27(33)16-21)14-25-23(26)11-13-36(25)29(38)41-31(3,4)5/h10-17H,18H2,1-9H3. The van der Waals surface area contributed by atoms with Gasteiger partial charge in [-0.1, -0.05) is 11.6 Å². The molecule has 42 heavy (non-hydrogen) atoms. The van der Waals surface area contributed by atoms with Crippen LogP contribution in [0.2, 0.25) is 5.15 Å². The largest absolute Gasteiger partial charge is 0.496 e. The number of anilines is 1. The zero-order valence-corrected chi connectivity index (χ0v) is 26.3. The molecule has 1 aromatic carbocycles. The van der Waals surface area contributed by atoms with E-state index in [4.69, 9.17) is 25.8 Å². The monoisotopic (exact) mass is 592 g/mol. The lowest BCUT2D eigenvalue weighted by atomic mass is 10.0. The molecule has 0 aliphatic rings. The Kier molecular flexibility index (Phi) is 8.55. The summed E-state index contributed by atoms with van der Waals surface area (Å²) in [5.74, 6) is 0.700. The van der Waals surface area contributed by atoms with E-state index in [1.807, 2.05) is 73.6 Å². The van der Waals surface area contributed by atoms with Crippen LogP contribution < -0.4 is 9.64 Å². The Balaban J connectivity index is 1.98. The summed E-state index contributed by atoms with van der Waals surface area (Å²) in [6, 6.07) is 9.05. The molecule has 4 rings (SSSR count). The fourth-order valence-electron chi connectivity index (χ4n) is 4.61. The molecule has 0 N–H and O–H groups in total. The normalized spacial score (nSPS) is 11.9. The molecule has 0 fully saturated rings. The van der Waals surface area contributed by atoms with E-state index < -0.39 is 23.4 Å². The molecule has 1 amide bonds. The third-order valence-electron chi connectivity index (χ3n) is 6.40. The maximum absolute atomic E-state index is 13.9. The Morgan fingerprint density at radius 3 is 2.26 bits per heavy atom. The van der Waals surface area contributed by atoms with Crippen molar-refractivity contribution in [3.8, 4) is 16.9 Å². The number of hydrogen-bond donors (Lipinski definition) is 0. The fraction of sp³-hybridized carbons (Fsp3) is 0.375. The molecule has 3 heterocycles. The lowest BCUT2D eigenvalue weighted by Gasteiger charge is -2.29. The number of rotatable bonds is 5. The summed E-state index contributed by atoms with van der Waals surface area (Å²) in [6.45, 7) is 14.8. The van der Waals surface area contributed by atoms with Crippen molar-refractivity contribution in [1.29, 1.82) is 0 Å². The average Bonchev–Trinajstić information content (AvgIpc) is 3.30. The predicted octanol–water partition coefficient (Wildman–Crippen LogP) is 8.10. The van der Waals surface area contributed by atoms with Crippen LogP contribution in [0.4, 0.5) is 15.3 Å². The first kappa shape index (κ1) is 30.8. The molecular weight excluding hydrogens is 556 g/mol. The number of benzene rings is 1. The van der Waals surface area contributed by atoms with Crippen LogP contribution in [0.15, 0.2) is 48.9 Å². The quantitative estimate of drug-likeness (QED) is 0.216. The fourth-order valence-corrected chi connectivity index (χ4v) is 4.78. The van der Waals surface area contributed by atoms with Gasteiger partial charge in [-0.25, -0.2) is 14.6 Å². The molecule has 0 atom stereocenters. The van der Waals surface area contributed by atoms with Gasteiger partial charge in [-0.05, 0) is 96.8 Å². The Hall–Kier alpha value is -4.11. The first-order valence-corrected chi connectivity index (χ1v) is 14.0. The lowest BCUT2D eigenvalue weighted by molar-refractivity contribution is 0.0541. The van der Waals surface area contributed by atoms with Crippen LogP contribution in [-0.4, -0.2) is 45.0 Å². The minimum Gasteiger partial charge on any atom is -0.496 e. The SMILES string of the molecule is COc1c(C)cnc(CN(C(=O)OC(C)(C)C)c2cc(-c3ccnc(Cl)c3)cc3c2ccn3C(=O)OC(C)(C)C)c1C. The number of methoxy groups -OCH3 is 1. The number of ether oxygens (including phenoxy) is 3. The van der Waals surface area contributed by atoms with Gasteiger partial charge in [0.25, 0.3) is 0 Å². The van der Waals surface area contributed by atoms with Gasteiger partial charge in [-0.3, -0.25) is 14.5 Å². The van der Waals surface area contributed by atoms with Gasteiger partial charge in [0.1, 0.15) is 22.1 Å². The van der Waals surface area contributed by atoms with Gasteiger partial charge in [-0.15, -0.1) is 0 Å². The van der Waals surface area contributed by atoms with Crippen LogP contribution in [0.25, 0.3) is 22.0 Å². The molecule has 0 aliphatic heterocycles. The van der Waals surface area contributed by atoms with Gasteiger partial charge in [0.05, 0.1) is 30.6 Å². The Bertz CT molecular complexity index is 1650. The van der Waals surface area contributed by atoms with Crippen LogP contribution in [0, 0.1) is 13.8 Å². The first-order valence-electron chi connectivity index (χ1n) is 13.6. The minimum atomic E-state index is -0.763. The number of carbonyl (C=O) groups excluding carboxylic acids is 2. The second-order valence-electron chi connectivity index (χ2n) is 12.1. The van der Waals surface area contributed by atoms with Gasteiger partial charge < -0.3 is 14.2 Å². The zero-order chi connectivity index (χ0) is 31.0. The molecule has 0 spiro atoms. The maximum atomic E-state index is 13.9. The number of pyridine rings is 2. The van der Waals surface area contributed by atoms with Crippen LogP contribution in [-0.2, 0) is 16.0 Å². The van der Waals surface area contributed by atoms with Gasteiger partial charge in [0, 0.05) is 35.1 Å². The number of hydrogen-bond acceptors (Lipinski definition) is 7. The maximum Gasteiger partial charge on any atom is 0.418 e. The molecule has 0 unspecified atom stereocenters. The van der Waals surface area contributed by atoms with Crippen LogP contribution >= 0.6 is 11.6 Å². The number of nitrogens with zero attached hydrogens (tertiary/aromatic N) is 4. The van der Waals surface area contributed by atoms with E-state index in [1.165, 1.54) is 9.47 Å². The van der Waals surface area contributed by atoms with E-state index in [0.717, 1.165) is 16.7 Å². The summed E-state index contributed by atoms with van der Waals surface area (Å²) >= 11 is 6.24. The Morgan fingerprint density at radius 1 is 0.952 bits per heavy atom. The van der Waals surface area contributed by atoms with E-state index in [0.29, 0.717) is 38.8 Å². The summed E-state index contributed by atoms with van der Waals surface area (Å²) in [4.78, 5) is 37.4. The van der Waals surface area contributed by atoms with Crippen molar-refractivity contribution in [1.82, 2.24) is 14.5 Å². The molecule has 222 valence electrons. The number of halogens is 1. The Labute approximate surface area is 251 Å². The summed E-state index contributed by atoms with van der Waals surface area (Å²) < 4.78 is 18.6. The Morgan fingerprint density at radius 2 is 1.64 bits per heavy atom. The van der Waals surface area contributed by atoms with Crippen LogP contribution in [0.1, 0.15) is 58.4 Å². The highest BCUT2D eigenvalue weighted by molar-refractivity contribution is 6.29. The summed E-state index contributed by atoms with van der Waals surface area (Å²) in [5, 5.41) is 0.958. The third-order valence-corrected chi connectivity index (χ3v) is 6.61. The number of aryl methyl sites for hydroxylation is 1. The molecule has 0 radical (unpaired) electrons. The van der Waals surface area contributed by atoms with Gasteiger partial charge >= 0.3 is 12.2 Å². The predicted molar refractivity (Wildman–Crippen MR) is 164 cm³/mol. The van der Waals surface area contributed by atoms with E-state index in [1.54, 1.807) is 37.8 Å². The molecule has 0 saturated carbocycles.